The molecule has 0 bridgehead atoms. The minimum atomic E-state index is -0.320. The van der Waals surface area contributed by atoms with Gasteiger partial charge in [-0.1, -0.05) is 12.8 Å². The van der Waals surface area contributed by atoms with Crippen LogP contribution in [0.4, 0.5) is 0 Å². The molecule has 2 saturated carbocycles. The van der Waals surface area contributed by atoms with Crippen molar-refractivity contribution in [1.29, 1.82) is 0 Å². The van der Waals surface area contributed by atoms with Gasteiger partial charge in [-0.05, 0) is 26.2 Å². The number of carbonyl (C=O) groups is 1. The zero-order valence-corrected chi connectivity index (χ0v) is 14.5. The van der Waals surface area contributed by atoms with Crippen molar-refractivity contribution in [3.05, 3.63) is 33.7 Å². The highest BCUT2D eigenvalue weighted by atomic mass is 32.1. The summed E-state index contributed by atoms with van der Waals surface area (Å²) in [4.78, 5) is 29.9. The van der Waals surface area contributed by atoms with Crippen LogP contribution in [-0.2, 0) is 4.74 Å². The molecule has 4 rings (SSSR count). The largest absolute Gasteiger partial charge is 0.378 e. The fourth-order valence-corrected chi connectivity index (χ4v) is 4.98. The van der Waals surface area contributed by atoms with E-state index >= 15 is 0 Å². The van der Waals surface area contributed by atoms with E-state index in [1.54, 1.807) is 11.6 Å². The number of carbonyl (C=O) groups excluding carboxylic acids is 1. The third-order valence-corrected chi connectivity index (χ3v) is 6.35. The Kier molecular flexibility index (Phi) is 3.92. The quantitative estimate of drug-likeness (QED) is 0.920. The van der Waals surface area contributed by atoms with Gasteiger partial charge in [-0.2, -0.15) is 0 Å². The molecule has 2 fully saturated rings. The molecule has 2 atom stereocenters. The van der Waals surface area contributed by atoms with Crippen molar-refractivity contribution in [2.45, 2.75) is 51.2 Å². The monoisotopic (exact) mass is 347 g/mol. The van der Waals surface area contributed by atoms with Crippen molar-refractivity contribution >= 4 is 22.2 Å². The van der Waals surface area contributed by atoms with E-state index in [0.717, 1.165) is 19.3 Å². The molecule has 6 nitrogen and oxygen atoms in total. The van der Waals surface area contributed by atoms with Gasteiger partial charge in [-0.25, -0.2) is 4.98 Å². The number of fused-ring (bicyclic) bond motifs is 1. The zero-order valence-electron chi connectivity index (χ0n) is 13.7. The first-order valence-corrected chi connectivity index (χ1v) is 9.41. The normalized spacial score (nSPS) is 25.0. The number of nitrogens with one attached hydrogen (secondary N) is 1. The first-order valence-electron chi connectivity index (χ1n) is 8.53. The van der Waals surface area contributed by atoms with E-state index in [1.807, 2.05) is 6.92 Å². The van der Waals surface area contributed by atoms with Gasteiger partial charge in [0.2, 0.25) is 0 Å². The lowest BCUT2D eigenvalue weighted by molar-refractivity contribution is -0.127. The number of thiazole rings is 1. The average molecular weight is 347 g/mol. The molecule has 0 aliphatic heterocycles. The topological polar surface area (TPSA) is 72.7 Å². The van der Waals surface area contributed by atoms with E-state index in [2.05, 4.69) is 10.3 Å². The van der Waals surface area contributed by atoms with Crippen LogP contribution in [0.2, 0.25) is 0 Å². The van der Waals surface area contributed by atoms with Gasteiger partial charge < -0.3 is 10.1 Å². The fourth-order valence-electron chi connectivity index (χ4n) is 4.31. The van der Waals surface area contributed by atoms with E-state index in [0.29, 0.717) is 11.6 Å². The van der Waals surface area contributed by atoms with Crippen LogP contribution < -0.4 is 10.9 Å². The number of aromatic nitrogens is 2. The summed E-state index contributed by atoms with van der Waals surface area (Å²) in [5.41, 5.74) is -0.138. The molecular weight excluding hydrogens is 326 g/mol. The second-order valence-electron chi connectivity index (χ2n) is 6.68. The Morgan fingerprint density at radius 1 is 1.50 bits per heavy atom. The van der Waals surface area contributed by atoms with Gasteiger partial charge >= 0.3 is 0 Å². The Hall–Kier alpha value is -1.73. The summed E-state index contributed by atoms with van der Waals surface area (Å²) in [6.45, 7) is 2.71. The SMILES string of the molecule is CCO[C@H]1C[C@H](NC(=O)c2cnc3sccn3c2=O)C12CCCC2. The van der Waals surface area contributed by atoms with Crippen LogP contribution in [0.5, 0.6) is 0 Å². The van der Waals surface area contributed by atoms with Gasteiger partial charge in [-0.3, -0.25) is 14.0 Å². The molecule has 1 N–H and O–H groups in total. The molecule has 2 aromatic heterocycles. The van der Waals surface area contributed by atoms with Gasteiger partial charge in [0.05, 0.1) is 6.10 Å². The van der Waals surface area contributed by atoms with Crippen molar-refractivity contribution in [3.8, 4) is 0 Å². The number of ether oxygens (including phenoxy) is 1. The van der Waals surface area contributed by atoms with E-state index in [9.17, 15) is 9.59 Å². The average Bonchev–Trinajstić information content (AvgIpc) is 3.25. The minimum Gasteiger partial charge on any atom is -0.378 e. The molecule has 128 valence electrons. The Bertz CT molecular complexity index is 822. The van der Waals surface area contributed by atoms with Crippen LogP contribution in [0.25, 0.3) is 4.96 Å². The molecule has 0 unspecified atom stereocenters. The van der Waals surface area contributed by atoms with Crippen LogP contribution >= 0.6 is 11.3 Å². The van der Waals surface area contributed by atoms with Gasteiger partial charge in [0.1, 0.15) is 5.56 Å². The number of nitrogens with zero attached hydrogens (tertiary/aromatic N) is 2. The van der Waals surface area contributed by atoms with Crippen LogP contribution in [-0.4, -0.2) is 34.0 Å². The van der Waals surface area contributed by atoms with Crippen molar-refractivity contribution in [2.75, 3.05) is 6.61 Å². The molecule has 1 spiro atoms. The van der Waals surface area contributed by atoms with Crippen LogP contribution in [0, 0.1) is 5.41 Å². The first-order chi connectivity index (χ1) is 11.7. The lowest BCUT2D eigenvalue weighted by Crippen LogP contribution is -2.64. The summed E-state index contributed by atoms with van der Waals surface area (Å²) < 4.78 is 7.30. The summed E-state index contributed by atoms with van der Waals surface area (Å²) in [6.07, 6.45) is 8.64. The van der Waals surface area contributed by atoms with Gasteiger partial charge in [-0.15, -0.1) is 11.3 Å². The molecule has 1 amide bonds. The predicted octanol–water partition coefficient (Wildman–Crippen LogP) is 2.22. The molecule has 24 heavy (non-hydrogen) atoms. The summed E-state index contributed by atoms with van der Waals surface area (Å²) in [6, 6.07) is 0.0895. The molecule has 2 aliphatic carbocycles. The summed E-state index contributed by atoms with van der Waals surface area (Å²) in [7, 11) is 0. The Labute approximate surface area is 143 Å². The maximum Gasteiger partial charge on any atom is 0.271 e. The first kappa shape index (κ1) is 15.8. The number of hydrogen-bond acceptors (Lipinski definition) is 5. The van der Waals surface area contributed by atoms with Crippen LogP contribution in [0.15, 0.2) is 22.6 Å². The number of hydrogen-bond donors (Lipinski definition) is 1. The number of rotatable bonds is 4. The predicted molar refractivity (Wildman–Crippen MR) is 91.5 cm³/mol. The summed E-state index contributed by atoms with van der Waals surface area (Å²) >= 11 is 1.38. The van der Waals surface area contributed by atoms with Gasteiger partial charge in [0.15, 0.2) is 4.96 Å². The Balaban J connectivity index is 1.55. The fraction of sp³-hybridized carbons (Fsp3) is 0.588. The molecule has 2 heterocycles. The molecule has 0 radical (unpaired) electrons. The summed E-state index contributed by atoms with van der Waals surface area (Å²) in [5, 5.41) is 4.87. The van der Waals surface area contributed by atoms with Gasteiger partial charge in [0, 0.05) is 35.8 Å². The van der Waals surface area contributed by atoms with E-state index < -0.39 is 0 Å². The maximum atomic E-state index is 12.6. The molecule has 7 heteroatoms. The zero-order chi connectivity index (χ0) is 16.7. The molecule has 2 aliphatic rings. The maximum absolute atomic E-state index is 12.6. The Morgan fingerprint density at radius 2 is 2.29 bits per heavy atom. The van der Waals surface area contributed by atoms with Crippen molar-refractivity contribution < 1.29 is 9.53 Å². The highest BCUT2D eigenvalue weighted by Crippen LogP contribution is 2.54. The Morgan fingerprint density at radius 3 is 3.04 bits per heavy atom. The highest BCUT2D eigenvalue weighted by molar-refractivity contribution is 7.15. The summed E-state index contributed by atoms with van der Waals surface area (Å²) in [5.74, 6) is -0.320. The van der Waals surface area contributed by atoms with Crippen molar-refractivity contribution in [1.82, 2.24) is 14.7 Å². The highest BCUT2D eigenvalue weighted by Gasteiger charge is 2.57. The number of amides is 1. The van der Waals surface area contributed by atoms with E-state index in [-0.39, 0.29) is 34.6 Å². The standard InChI is InChI=1S/C17H21N3O3S/c1-2-23-13-9-12(17(13)5-3-4-6-17)19-14(21)11-10-18-16-20(15(11)22)7-8-24-16/h7-8,10,12-13H,2-6,9H2,1H3,(H,19,21)/t12-,13-/m0/s1. The second kappa shape index (κ2) is 5.97. The van der Waals surface area contributed by atoms with Gasteiger partial charge in [0.25, 0.3) is 11.5 Å². The van der Waals surface area contributed by atoms with Crippen LogP contribution in [0.1, 0.15) is 49.4 Å². The van der Waals surface area contributed by atoms with Crippen molar-refractivity contribution in [3.63, 3.8) is 0 Å². The van der Waals surface area contributed by atoms with Crippen LogP contribution in [0.3, 0.4) is 0 Å². The lowest BCUT2D eigenvalue weighted by Gasteiger charge is -2.54. The minimum absolute atomic E-state index is 0.0573. The third kappa shape index (κ3) is 2.29. The van der Waals surface area contributed by atoms with Crippen molar-refractivity contribution in [2.24, 2.45) is 5.41 Å². The van der Waals surface area contributed by atoms with E-state index in [4.69, 9.17) is 4.74 Å². The smallest absolute Gasteiger partial charge is 0.271 e. The third-order valence-electron chi connectivity index (χ3n) is 5.58. The lowest BCUT2D eigenvalue weighted by atomic mass is 9.60. The molecule has 0 aromatic carbocycles. The van der Waals surface area contributed by atoms with E-state index in [1.165, 1.54) is 34.8 Å². The molecular formula is C17H21N3O3S. The second-order valence-corrected chi connectivity index (χ2v) is 7.55. The molecule has 2 aromatic rings. The molecule has 0 saturated heterocycles.